The van der Waals surface area contributed by atoms with Crippen molar-refractivity contribution in [3.8, 4) is 0 Å². The molecular weight excluding hydrogens is 362 g/mol. The van der Waals surface area contributed by atoms with Crippen molar-refractivity contribution in [2.24, 2.45) is 0 Å². The average molecular weight is 377 g/mol. The Bertz CT molecular complexity index is 853. The van der Waals surface area contributed by atoms with Gasteiger partial charge in [-0.15, -0.1) is 0 Å². The summed E-state index contributed by atoms with van der Waals surface area (Å²) in [6, 6.07) is 8.93. The van der Waals surface area contributed by atoms with Gasteiger partial charge in [-0.05, 0) is 36.2 Å². The molecule has 2 rings (SSSR count). The molecule has 136 valence electrons. The molecule has 0 amide bonds. The largest absolute Gasteiger partial charge is 0.422 e. The summed E-state index contributed by atoms with van der Waals surface area (Å²) >= 11 is 0. The maximum absolute atomic E-state index is 13.4. The molecule has 0 radical (unpaired) electrons. The van der Waals surface area contributed by atoms with Crippen molar-refractivity contribution in [1.82, 2.24) is 4.72 Å². The number of halogens is 4. The monoisotopic (exact) mass is 377 g/mol. The van der Waals surface area contributed by atoms with Crippen molar-refractivity contribution >= 4 is 10.0 Å². The summed E-state index contributed by atoms with van der Waals surface area (Å²) in [5.74, 6) is -0.674. The van der Waals surface area contributed by atoms with Gasteiger partial charge < -0.3 is 5.11 Å². The van der Waals surface area contributed by atoms with E-state index in [0.29, 0.717) is 0 Å². The van der Waals surface area contributed by atoms with Crippen LogP contribution < -0.4 is 4.72 Å². The molecule has 2 N–H and O–H groups in total. The van der Waals surface area contributed by atoms with Crippen LogP contribution >= 0.6 is 0 Å². The average Bonchev–Trinajstić information content (AvgIpc) is 2.52. The van der Waals surface area contributed by atoms with Gasteiger partial charge in [0.25, 0.3) is 0 Å². The molecule has 0 bridgehead atoms. The first-order valence-corrected chi connectivity index (χ1v) is 8.56. The highest BCUT2D eigenvalue weighted by Crippen LogP contribution is 2.38. The zero-order chi connectivity index (χ0) is 18.9. The molecule has 4 nitrogen and oxygen atoms in total. The Kier molecular flexibility index (Phi) is 5.22. The Balaban J connectivity index is 2.35. The predicted octanol–water partition coefficient (Wildman–Crippen LogP) is 2.86. The summed E-state index contributed by atoms with van der Waals surface area (Å²) in [5, 5.41) is 10.1. The minimum absolute atomic E-state index is 0.0303. The molecule has 0 aliphatic rings. The molecule has 0 saturated carbocycles. The van der Waals surface area contributed by atoms with Gasteiger partial charge in [0.1, 0.15) is 5.82 Å². The van der Waals surface area contributed by atoms with E-state index in [9.17, 15) is 31.1 Å². The van der Waals surface area contributed by atoms with Gasteiger partial charge in [-0.1, -0.05) is 30.3 Å². The van der Waals surface area contributed by atoms with Crippen molar-refractivity contribution in [2.75, 3.05) is 6.54 Å². The van der Waals surface area contributed by atoms with E-state index in [1.165, 1.54) is 25.1 Å². The molecule has 2 aromatic carbocycles. The molecule has 0 heterocycles. The molecule has 0 saturated heterocycles. The Hall–Kier alpha value is -1.97. The molecule has 1 atom stereocenters. The first kappa shape index (κ1) is 19.4. The maximum atomic E-state index is 13.4. The molecule has 2 aromatic rings. The summed E-state index contributed by atoms with van der Waals surface area (Å²) in [6.45, 7) is -0.00947. The number of aryl methyl sites for hydroxylation is 1. The van der Waals surface area contributed by atoms with Crippen LogP contribution in [0.4, 0.5) is 17.6 Å². The topological polar surface area (TPSA) is 66.4 Å². The van der Waals surface area contributed by atoms with Gasteiger partial charge in [-0.25, -0.2) is 17.5 Å². The van der Waals surface area contributed by atoms with Gasteiger partial charge in [0.2, 0.25) is 10.0 Å². The fraction of sp³-hybridized carbons (Fsp3) is 0.250. The third kappa shape index (κ3) is 4.00. The van der Waals surface area contributed by atoms with Crippen LogP contribution in [-0.4, -0.2) is 26.2 Å². The molecule has 0 aromatic heterocycles. The van der Waals surface area contributed by atoms with E-state index >= 15 is 0 Å². The summed E-state index contributed by atoms with van der Waals surface area (Å²) in [7, 11) is -4.39. The van der Waals surface area contributed by atoms with E-state index in [-0.39, 0.29) is 10.5 Å². The Morgan fingerprint density at radius 2 is 1.68 bits per heavy atom. The molecular formula is C16H15F4NO3S. The molecule has 0 unspecified atom stereocenters. The van der Waals surface area contributed by atoms with Crippen LogP contribution in [0.2, 0.25) is 0 Å². The van der Waals surface area contributed by atoms with Crippen LogP contribution in [-0.2, 0) is 15.6 Å². The number of sulfonamides is 1. The number of hydrogen-bond acceptors (Lipinski definition) is 3. The van der Waals surface area contributed by atoms with E-state index in [1.54, 1.807) is 4.72 Å². The summed E-state index contributed by atoms with van der Waals surface area (Å²) < 4.78 is 79.5. The molecule has 25 heavy (non-hydrogen) atoms. The molecule has 0 fully saturated rings. The minimum atomic E-state index is -5.12. The van der Waals surface area contributed by atoms with Gasteiger partial charge >= 0.3 is 6.18 Å². The number of benzene rings is 2. The highest BCUT2D eigenvalue weighted by atomic mass is 32.2. The van der Waals surface area contributed by atoms with E-state index in [0.717, 1.165) is 30.3 Å². The maximum Gasteiger partial charge on any atom is 0.422 e. The van der Waals surface area contributed by atoms with E-state index in [2.05, 4.69) is 0 Å². The summed E-state index contributed by atoms with van der Waals surface area (Å²) in [5.41, 5.74) is -3.88. The van der Waals surface area contributed by atoms with Crippen LogP contribution in [0.1, 0.15) is 11.1 Å². The number of aliphatic hydroxyl groups is 1. The lowest BCUT2D eigenvalue weighted by Crippen LogP contribution is -2.51. The van der Waals surface area contributed by atoms with Crippen LogP contribution in [0.15, 0.2) is 53.4 Å². The lowest BCUT2D eigenvalue weighted by atomic mass is 9.93. The second-order valence-corrected chi connectivity index (χ2v) is 7.19. The molecule has 0 aliphatic heterocycles. The third-order valence-electron chi connectivity index (χ3n) is 3.66. The highest BCUT2D eigenvalue weighted by Gasteiger charge is 2.55. The first-order chi connectivity index (χ1) is 11.5. The Labute approximate surface area is 142 Å². The van der Waals surface area contributed by atoms with Gasteiger partial charge in [-0.3, -0.25) is 0 Å². The molecule has 0 aliphatic carbocycles. The predicted molar refractivity (Wildman–Crippen MR) is 82.7 cm³/mol. The second-order valence-electron chi connectivity index (χ2n) is 5.46. The zero-order valence-electron chi connectivity index (χ0n) is 13.0. The zero-order valence-corrected chi connectivity index (χ0v) is 13.8. The Morgan fingerprint density at radius 3 is 2.20 bits per heavy atom. The fourth-order valence-electron chi connectivity index (χ4n) is 2.27. The fourth-order valence-corrected chi connectivity index (χ4v) is 3.56. The normalized spacial score (nSPS) is 15.0. The molecule has 9 heteroatoms. The van der Waals surface area contributed by atoms with Crippen molar-refractivity contribution in [3.63, 3.8) is 0 Å². The van der Waals surface area contributed by atoms with Crippen molar-refractivity contribution in [1.29, 1.82) is 0 Å². The number of rotatable bonds is 5. The minimum Gasteiger partial charge on any atom is -0.375 e. The van der Waals surface area contributed by atoms with Gasteiger partial charge in [-0.2, -0.15) is 13.2 Å². The molecule has 0 spiro atoms. The van der Waals surface area contributed by atoms with E-state index in [1.807, 2.05) is 0 Å². The third-order valence-corrected chi connectivity index (χ3v) is 5.23. The van der Waals surface area contributed by atoms with Crippen molar-refractivity contribution in [3.05, 3.63) is 65.5 Å². The van der Waals surface area contributed by atoms with E-state index in [4.69, 9.17) is 0 Å². The van der Waals surface area contributed by atoms with Crippen molar-refractivity contribution in [2.45, 2.75) is 23.6 Å². The van der Waals surface area contributed by atoms with Crippen LogP contribution in [0.25, 0.3) is 0 Å². The standard InChI is InChI=1S/C16H15F4NO3S/c1-11-9-13(17)7-8-14(11)25(23,24)21-10-15(22,16(18,19)20)12-5-3-2-4-6-12/h2-9,21-22H,10H2,1H3/t15-/m0/s1. The van der Waals surface area contributed by atoms with Crippen LogP contribution in [0.5, 0.6) is 0 Å². The quantitative estimate of drug-likeness (QED) is 0.788. The van der Waals surface area contributed by atoms with Gasteiger partial charge in [0.15, 0.2) is 5.60 Å². The van der Waals surface area contributed by atoms with Crippen molar-refractivity contribution < 1.29 is 31.1 Å². The lowest BCUT2D eigenvalue weighted by molar-refractivity contribution is -0.263. The van der Waals surface area contributed by atoms with E-state index < -0.39 is 39.7 Å². The SMILES string of the molecule is Cc1cc(F)ccc1S(=O)(=O)NC[C@](O)(c1ccccc1)C(F)(F)F. The highest BCUT2D eigenvalue weighted by molar-refractivity contribution is 7.89. The smallest absolute Gasteiger partial charge is 0.375 e. The van der Waals surface area contributed by atoms with Crippen LogP contribution in [0, 0.1) is 12.7 Å². The lowest BCUT2D eigenvalue weighted by Gasteiger charge is -2.31. The Morgan fingerprint density at radius 1 is 1.08 bits per heavy atom. The summed E-state index contributed by atoms with van der Waals surface area (Å²) in [4.78, 5) is -0.369. The van der Waals surface area contributed by atoms with Crippen LogP contribution in [0.3, 0.4) is 0 Å². The second kappa shape index (κ2) is 6.74. The van der Waals surface area contributed by atoms with Gasteiger partial charge in [0.05, 0.1) is 11.4 Å². The first-order valence-electron chi connectivity index (χ1n) is 7.08. The number of hydrogen-bond donors (Lipinski definition) is 2. The summed E-state index contributed by atoms with van der Waals surface area (Å²) in [6.07, 6.45) is -5.12. The number of alkyl halides is 3. The van der Waals surface area contributed by atoms with Gasteiger partial charge in [0, 0.05) is 0 Å². The number of nitrogens with one attached hydrogen (secondary N) is 1.